The number of methoxy groups -OCH3 is 2. The van der Waals surface area contributed by atoms with E-state index >= 15 is 0 Å². The molecule has 1 aliphatic rings. The van der Waals surface area contributed by atoms with Gasteiger partial charge in [0.05, 0.1) is 14.2 Å². The maximum absolute atomic E-state index is 6.53. The summed E-state index contributed by atoms with van der Waals surface area (Å²) in [6.45, 7) is 4.34. The van der Waals surface area contributed by atoms with Crippen LogP contribution in [-0.2, 0) is 5.54 Å². The first-order valence-electron chi connectivity index (χ1n) is 6.57. The lowest BCUT2D eigenvalue weighted by molar-refractivity contribution is 0.239. The van der Waals surface area contributed by atoms with Crippen molar-refractivity contribution in [3.63, 3.8) is 0 Å². The van der Waals surface area contributed by atoms with Crippen LogP contribution < -0.4 is 15.2 Å². The molecule has 0 atom stereocenters. The number of nitrogens with two attached hydrogens (primary N) is 1. The van der Waals surface area contributed by atoms with Crippen molar-refractivity contribution >= 4 is 0 Å². The number of ether oxygens (including phenoxy) is 2. The standard InChI is InChI=1S/C15H23NO2/c1-10(2)13-11(17-3)6-7-12(18-4)14(13)15(16)8-5-9-15/h6-7,10H,5,8-9,16H2,1-4H3. The lowest BCUT2D eigenvalue weighted by Crippen LogP contribution is -2.44. The van der Waals surface area contributed by atoms with Gasteiger partial charge in [0.2, 0.25) is 0 Å². The second kappa shape index (κ2) is 4.81. The fourth-order valence-electron chi connectivity index (χ4n) is 2.82. The first-order chi connectivity index (χ1) is 8.53. The predicted molar refractivity (Wildman–Crippen MR) is 73.4 cm³/mol. The summed E-state index contributed by atoms with van der Waals surface area (Å²) >= 11 is 0. The number of rotatable bonds is 4. The van der Waals surface area contributed by atoms with E-state index in [1.54, 1.807) is 14.2 Å². The van der Waals surface area contributed by atoms with E-state index in [0.29, 0.717) is 5.92 Å². The van der Waals surface area contributed by atoms with Crippen LogP contribution in [0.5, 0.6) is 11.5 Å². The van der Waals surface area contributed by atoms with Crippen LogP contribution in [0.2, 0.25) is 0 Å². The van der Waals surface area contributed by atoms with Crippen LogP contribution in [0, 0.1) is 0 Å². The first kappa shape index (κ1) is 13.2. The van der Waals surface area contributed by atoms with Crippen molar-refractivity contribution in [1.82, 2.24) is 0 Å². The van der Waals surface area contributed by atoms with Crippen LogP contribution in [0.15, 0.2) is 12.1 Å². The smallest absolute Gasteiger partial charge is 0.124 e. The third kappa shape index (κ3) is 1.97. The van der Waals surface area contributed by atoms with Gasteiger partial charge in [-0.15, -0.1) is 0 Å². The summed E-state index contributed by atoms with van der Waals surface area (Å²) in [5.41, 5.74) is 8.63. The van der Waals surface area contributed by atoms with Crippen LogP contribution in [0.1, 0.15) is 50.2 Å². The van der Waals surface area contributed by atoms with Gasteiger partial charge >= 0.3 is 0 Å². The molecule has 1 aromatic carbocycles. The van der Waals surface area contributed by atoms with E-state index in [4.69, 9.17) is 15.2 Å². The molecule has 18 heavy (non-hydrogen) atoms. The van der Waals surface area contributed by atoms with E-state index < -0.39 is 0 Å². The highest BCUT2D eigenvalue weighted by Crippen LogP contribution is 2.48. The summed E-state index contributed by atoms with van der Waals surface area (Å²) < 4.78 is 11.0. The molecule has 100 valence electrons. The molecule has 1 aromatic rings. The van der Waals surface area contributed by atoms with E-state index in [1.165, 1.54) is 12.0 Å². The third-order valence-electron chi connectivity index (χ3n) is 3.93. The van der Waals surface area contributed by atoms with Gasteiger partial charge in [-0.1, -0.05) is 13.8 Å². The Morgan fingerprint density at radius 3 is 2.06 bits per heavy atom. The molecule has 3 heteroatoms. The maximum Gasteiger partial charge on any atom is 0.124 e. The van der Waals surface area contributed by atoms with Gasteiger partial charge in [-0.3, -0.25) is 0 Å². The van der Waals surface area contributed by atoms with E-state index in [0.717, 1.165) is 29.9 Å². The van der Waals surface area contributed by atoms with Crippen molar-refractivity contribution in [2.75, 3.05) is 14.2 Å². The van der Waals surface area contributed by atoms with Gasteiger partial charge in [0.1, 0.15) is 11.5 Å². The second-order valence-corrected chi connectivity index (χ2v) is 5.42. The van der Waals surface area contributed by atoms with Crippen LogP contribution in [0.4, 0.5) is 0 Å². The van der Waals surface area contributed by atoms with Gasteiger partial charge < -0.3 is 15.2 Å². The lowest BCUT2D eigenvalue weighted by atomic mass is 9.69. The van der Waals surface area contributed by atoms with Gasteiger partial charge in [0.15, 0.2) is 0 Å². The van der Waals surface area contributed by atoms with E-state index in [-0.39, 0.29) is 5.54 Å². The van der Waals surface area contributed by atoms with Crippen LogP contribution in [0.3, 0.4) is 0 Å². The average molecular weight is 249 g/mol. The van der Waals surface area contributed by atoms with Crippen LogP contribution in [0.25, 0.3) is 0 Å². The molecule has 3 nitrogen and oxygen atoms in total. The molecule has 0 radical (unpaired) electrons. The Labute approximate surface area is 109 Å². The Morgan fingerprint density at radius 2 is 1.67 bits per heavy atom. The van der Waals surface area contributed by atoms with Crippen molar-refractivity contribution in [2.45, 2.75) is 44.6 Å². The van der Waals surface area contributed by atoms with E-state index in [9.17, 15) is 0 Å². The molecule has 0 bridgehead atoms. The molecular formula is C15H23NO2. The molecule has 2 rings (SSSR count). The molecule has 0 spiro atoms. The van der Waals surface area contributed by atoms with Gasteiger partial charge in [0.25, 0.3) is 0 Å². The molecule has 0 aromatic heterocycles. The molecule has 1 saturated carbocycles. The molecule has 0 amide bonds. The third-order valence-corrected chi connectivity index (χ3v) is 3.93. The maximum atomic E-state index is 6.53. The van der Waals surface area contributed by atoms with Crippen LogP contribution >= 0.6 is 0 Å². The number of hydrogen-bond acceptors (Lipinski definition) is 3. The molecule has 0 aliphatic heterocycles. The minimum absolute atomic E-state index is 0.237. The first-order valence-corrected chi connectivity index (χ1v) is 6.57. The molecular weight excluding hydrogens is 226 g/mol. The van der Waals surface area contributed by atoms with E-state index in [2.05, 4.69) is 13.8 Å². The zero-order valence-corrected chi connectivity index (χ0v) is 11.7. The second-order valence-electron chi connectivity index (χ2n) is 5.42. The summed E-state index contributed by atoms with van der Waals surface area (Å²) in [7, 11) is 3.42. The number of hydrogen-bond donors (Lipinski definition) is 1. The van der Waals surface area contributed by atoms with Crippen molar-refractivity contribution in [3.8, 4) is 11.5 Å². The Kier molecular flexibility index (Phi) is 3.53. The highest BCUT2D eigenvalue weighted by Gasteiger charge is 2.40. The number of benzene rings is 1. The lowest BCUT2D eigenvalue weighted by Gasteiger charge is -2.41. The van der Waals surface area contributed by atoms with Gasteiger partial charge in [-0.05, 0) is 37.3 Å². The molecule has 0 saturated heterocycles. The fraction of sp³-hybridized carbons (Fsp3) is 0.600. The van der Waals surface area contributed by atoms with E-state index in [1.807, 2.05) is 12.1 Å². The van der Waals surface area contributed by atoms with Crippen molar-refractivity contribution in [2.24, 2.45) is 5.73 Å². The van der Waals surface area contributed by atoms with Gasteiger partial charge in [0, 0.05) is 16.7 Å². The molecule has 0 unspecified atom stereocenters. The molecule has 1 aliphatic carbocycles. The monoisotopic (exact) mass is 249 g/mol. The minimum Gasteiger partial charge on any atom is -0.496 e. The van der Waals surface area contributed by atoms with Crippen molar-refractivity contribution < 1.29 is 9.47 Å². The minimum atomic E-state index is -0.237. The average Bonchev–Trinajstić information content (AvgIpc) is 2.33. The summed E-state index contributed by atoms with van der Waals surface area (Å²) in [5, 5.41) is 0. The summed E-state index contributed by atoms with van der Waals surface area (Å²) in [5.74, 6) is 2.17. The molecule has 0 heterocycles. The topological polar surface area (TPSA) is 44.5 Å². The highest BCUT2D eigenvalue weighted by atomic mass is 16.5. The zero-order chi connectivity index (χ0) is 13.3. The predicted octanol–water partition coefficient (Wildman–Crippen LogP) is 3.17. The fourth-order valence-corrected chi connectivity index (χ4v) is 2.82. The van der Waals surface area contributed by atoms with Gasteiger partial charge in [-0.25, -0.2) is 0 Å². The quantitative estimate of drug-likeness (QED) is 0.891. The SMILES string of the molecule is COc1ccc(OC)c(C2(N)CCC2)c1C(C)C. The normalized spacial score (nSPS) is 17.4. The summed E-state index contributed by atoms with van der Waals surface area (Å²) in [4.78, 5) is 0. The summed E-state index contributed by atoms with van der Waals surface area (Å²) in [6.07, 6.45) is 3.24. The zero-order valence-electron chi connectivity index (χ0n) is 11.7. The molecule has 1 fully saturated rings. The Morgan fingerprint density at radius 1 is 1.11 bits per heavy atom. The Hall–Kier alpha value is -1.22. The molecule has 2 N–H and O–H groups in total. The highest BCUT2D eigenvalue weighted by molar-refractivity contribution is 5.54. The van der Waals surface area contributed by atoms with Crippen molar-refractivity contribution in [3.05, 3.63) is 23.3 Å². The Bertz CT molecular complexity index is 436. The summed E-state index contributed by atoms with van der Waals surface area (Å²) in [6, 6.07) is 3.94. The van der Waals surface area contributed by atoms with Gasteiger partial charge in [-0.2, -0.15) is 0 Å². The largest absolute Gasteiger partial charge is 0.496 e. The van der Waals surface area contributed by atoms with Crippen LogP contribution in [-0.4, -0.2) is 14.2 Å². The van der Waals surface area contributed by atoms with Crippen molar-refractivity contribution in [1.29, 1.82) is 0 Å². The Balaban J connectivity index is 2.64.